The molecule has 0 N–H and O–H groups in total. The molecule has 1 saturated carbocycles. The number of Topliss-reactive ketones (excluding diaryl/α,β-unsaturated/α-hetero) is 1. The number of rotatable bonds is 3. The smallest absolute Gasteiger partial charge is 0.168 e. The summed E-state index contributed by atoms with van der Waals surface area (Å²) < 4.78 is 37.0. The lowest BCUT2D eigenvalue weighted by Crippen LogP contribution is -2.31. The van der Waals surface area contributed by atoms with Gasteiger partial charge in [-0.2, -0.15) is 0 Å². The summed E-state index contributed by atoms with van der Waals surface area (Å²) in [5, 5.41) is -0.266. The van der Waals surface area contributed by atoms with Gasteiger partial charge in [0.25, 0.3) is 0 Å². The second-order valence-electron chi connectivity index (χ2n) is 5.30. The molecule has 3 nitrogen and oxygen atoms in total. The van der Waals surface area contributed by atoms with Crippen molar-refractivity contribution in [2.45, 2.75) is 30.9 Å². The van der Waals surface area contributed by atoms with E-state index >= 15 is 0 Å². The van der Waals surface area contributed by atoms with Gasteiger partial charge in [0.2, 0.25) is 0 Å². The predicted octanol–water partition coefficient (Wildman–Crippen LogP) is 3.27. The van der Waals surface area contributed by atoms with E-state index in [-0.39, 0.29) is 22.8 Å². The minimum atomic E-state index is -3.16. The molecule has 0 aromatic heterocycles. The first-order chi connectivity index (χ1) is 9.29. The first kappa shape index (κ1) is 15.4. The lowest BCUT2D eigenvalue weighted by atomic mass is 9.83. The molecule has 1 aliphatic rings. The summed E-state index contributed by atoms with van der Waals surface area (Å²) in [5.41, 5.74) is -0.00597. The number of hydrogen-bond acceptors (Lipinski definition) is 3. The standard InChI is InChI=1S/C14H16ClFO3S/c1-20(18,19)11-4-2-3-9(7-11)14(17)12-6-5-10(15)8-13(12)16/h5-6,8-9,11H,2-4,7H2,1H3. The highest BCUT2D eigenvalue weighted by Gasteiger charge is 2.33. The summed E-state index contributed by atoms with van der Waals surface area (Å²) in [7, 11) is -3.16. The number of carbonyl (C=O) groups excluding carboxylic acids is 1. The van der Waals surface area contributed by atoms with Gasteiger partial charge in [0.1, 0.15) is 15.7 Å². The minimum Gasteiger partial charge on any atom is -0.294 e. The van der Waals surface area contributed by atoms with Crippen molar-refractivity contribution in [3.8, 4) is 0 Å². The van der Waals surface area contributed by atoms with Crippen LogP contribution in [-0.2, 0) is 9.84 Å². The van der Waals surface area contributed by atoms with Crippen LogP contribution >= 0.6 is 11.6 Å². The van der Waals surface area contributed by atoms with Gasteiger partial charge in [0.15, 0.2) is 5.78 Å². The van der Waals surface area contributed by atoms with Crippen molar-refractivity contribution in [1.29, 1.82) is 0 Å². The molecule has 2 atom stereocenters. The predicted molar refractivity (Wildman–Crippen MR) is 76.3 cm³/mol. The Hall–Kier alpha value is -0.940. The first-order valence-electron chi connectivity index (χ1n) is 6.47. The average molecular weight is 319 g/mol. The summed E-state index contributed by atoms with van der Waals surface area (Å²) in [5.74, 6) is -1.41. The van der Waals surface area contributed by atoms with E-state index < -0.39 is 26.8 Å². The van der Waals surface area contributed by atoms with Crippen molar-refractivity contribution >= 4 is 27.2 Å². The Kier molecular flexibility index (Phi) is 4.49. The molecule has 0 aliphatic heterocycles. The maximum absolute atomic E-state index is 13.8. The van der Waals surface area contributed by atoms with Crippen molar-refractivity contribution in [3.63, 3.8) is 0 Å². The van der Waals surface area contributed by atoms with Crippen molar-refractivity contribution in [2.24, 2.45) is 5.92 Å². The molecule has 0 radical (unpaired) electrons. The van der Waals surface area contributed by atoms with Gasteiger partial charge in [-0.05, 0) is 37.5 Å². The van der Waals surface area contributed by atoms with E-state index in [9.17, 15) is 17.6 Å². The van der Waals surface area contributed by atoms with Gasteiger partial charge in [-0.1, -0.05) is 18.0 Å². The fourth-order valence-corrected chi connectivity index (χ4v) is 4.02. The summed E-state index contributed by atoms with van der Waals surface area (Å²) >= 11 is 5.66. The van der Waals surface area contributed by atoms with Gasteiger partial charge in [-0.15, -0.1) is 0 Å². The highest BCUT2D eigenvalue weighted by Crippen LogP contribution is 2.31. The molecule has 20 heavy (non-hydrogen) atoms. The van der Waals surface area contributed by atoms with E-state index in [2.05, 4.69) is 0 Å². The van der Waals surface area contributed by atoms with Crippen LogP contribution in [0, 0.1) is 11.7 Å². The summed E-state index contributed by atoms with van der Waals surface area (Å²) in [4.78, 5) is 12.3. The Morgan fingerprint density at radius 1 is 1.35 bits per heavy atom. The molecule has 2 rings (SSSR count). The van der Waals surface area contributed by atoms with Crippen LogP contribution in [0.15, 0.2) is 18.2 Å². The van der Waals surface area contributed by atoms with Crippen LogP contribution < -0.4 is 0 Å². The number of halogens is 2. The quantitative estimate of drug-likeness (QED) is 0.804. The SMILES string of the molecule is CS(=O)(=O)C1CCCC(C(=O)c2ccc(Cl)cc2F)C1. The lowest BCUT2D eigenvalue weighted by Gasteiger charge is -2.27. The zero-order valence-electron chi connectivity index (χ0n) is 11.1. The van der Waals surface area contributed by atoms with Crippen molar-refractivity contribution in [3.05, 3.63) is 34.6 Å². The molecule has 0 heterocycles. The lowest BCUT2D eigenvalue weighted by molar-refractivity contribution is 0.0886. The molecule has 6 heteroatoms. The summed E-state index contributed by atoms with van der Waals surface area (Å²) in [6, 6.07) is 3.93. The van der Waals surface area contributed by atoms with Crippen molar-refractivity contribution in [2.75, 3.05) is 6.26 Å². The molecule has 1 aromatic rings. The molecule has 1 aromatic carbocycles. The number of hydrogen-bond donors (Lipinski definition) is 0. The van der Waals surface area contributed by atoms with Crippen LogP contribution in [0.2, 0.25) is 5.02 Å². The van der Waals surface area contributed by atoms with Gasteiger partial charge in [0, 0.05) is 17.2 Å². The average Bonchev–Trinajstić information content (AvgIpc) is 2.37. The zero-order chi connectivity index (χ0) is 14.9. The van der Waals surface area contributed by atoms with Crippen LogP contribution in [0.4, 0.5) is 4.39 Å². The van der Waals surface area contributed by atoms with Gasteiger partial charge >= 0.3 is 0 Å². The van der Waals surface area contributed by atoms with Gasteiger partial charge in [0.05, 0.1) is 10.8 Å². The Morgan fingerprint density at radius 3 is 2.65 bits per heavy atom. The highest BCUT2D eigenvalue weighted by molar-refractivity contribution is 7.91. The highest BCUT2D eigenvalue weighted by atomic mass is 35.5. The molecular weight excluding hydrogens is 303 g/mol. The summed E-state index contributed by atoms with van der Waals surface area (Å²) in [6.45, 7) is 0. The third-order valence-corrected chi connectivity index (χ3v) is 5.67. The van der Waals surface area contributed by atoms with Crippen LogP contribution in [0.25, 0.3) is 0 Å². The molecule has 2 unspecified atom stereocenters. The maximum atomic E-state index is 13.8. The summed E-state index contributed by atoms with van der Waals surface area (Å²) in [6.07, 6.45) is 3.31. The van der Waals surface area contributed by atoms with Crippen LogP contribution in [0.5, 0.6) is 0 Å². The number of ketones is 1. The third-order valence-electron chi connectivity index (χ3n) is 3.80. The van der Waals surface area contributed by atoms with E-state index in [1.807, 2.05) is 0 Å². The second kappa shape index (κ2) is 5.82. The van der Waals surface area contributed by atoms with E-state index in [4.69, 9.17) is 11.6 Å². The van der Waals surface area contributed by atoms with Crippen LogP contribution in [0.3, 0.4) is 0 Å². The fraction of sp³-hybridized carbons (Fsp3) is 0.500. The molecule has 0 saturated heterocycles. The largest absolute Gasteiger partial charge is 0.294 e. The Labute approximate surface area is 123 Å². The molecule has 110 valence electrons. The fourth-order valence-electron chi connectivity index (χ4n) is 2.68. The van der Waals surface area contributed by atoms with E-state index in [0.29, 0.717) is 19.3 Å². The Bertz CT molecular complexity index is 627. The Morgan fingerprint density at radius 2 is 2.05 bits per heavy atom. The number of benzene rings is 1. The number of sulfone groups is 1. The van der Waals surface area contributed by atoms with Gasteiger partial charge in [-0.25, -0.2) is 12.8 Å². The van der Waals surface area contributed by atoms with E-state index in [1.54, 1.807) is 0 Å². The number of carbonyl (C=O) groups is 1. The normalized spacial score (nSPS) is 23.6. The van der Waals surface area contributed by atoms with Crippen LogP contribution in [0.1, 0.15) is 36.0 Å². The zero-order valence-corrected chi connectivity index (χ0v) is 12.7. The Balaban J connectivity index is 2.21. The molecule has 0 amide bonds. The monoisotopic (exact) mass is 318 g/mol. The van der Waals surface area contributed by atoms with Crippen LogP contribution in [-0.4, -0.2) is 25.7 Å². The second-order valence-corrected chi connectivity index (χ2v) is 8.07. The van der Waals surface area contributed by atoms with E-state index in [1.165, 1.54) is 18.4 Å². The third kappa shape index (κ3) is 3.38. The minimum absolute atomic E-state index is 0.00597. The molecule has 1 fully saturated rings. The molecule has 0 bridgehead atoms. The van der Waals surface area contributed by atoms with Gasteiger partial charge < -0.3 is 0 Å². The van der Waals surface area contributed by atoms with Gasteiger partial charge in [-0.3, -0.25) is 4.79 Å². The molecule has 0 spiro atoms. The molecule has 1 aliphatic carbocycles. The first-order valence-corrected chi connectivity index (χ1v) is 8.80. The van der Waals surface area contributed by atoms with Crippen molar-refractivity contribution in [1.82, 2.24) is 0 Å². The topological polar surface area (TPSA) is 51.2 Å². The van der Waals surface area contributed by atoms with Crippen molar-refractivity contribution < 1.29 is 17.6 Å². The molecular formula is C14H16ClFO3S. The van der Waals surface area contributed by atoms with E-state index in [0.717, 1.165) is 6.07 Å². The maximum Gasteiger partial charge on any atom is 0.168 e.